The summed E-state index contributed by atoms with van der Waals surface area (Å²) in [5, 5.41) is 7.22. The predicted molar refractivity (Wildman–Crippen MR) is 83.4 cm³/mol. The first kappa shape index (κ1) is 15.8. The van der Waals surface area contributed by atoms with Crippen molar-refractivity contribution in [3.8, 4) is 0 Å². The zero-order valence-corrected chi connectivity index (χ0v) is 12.7. The summed E-state index contributed by atoms with van der Waals surface area (Å²) in [6.07, 6.45) is 2.98. The molecular formula is C14H16ClN5O2. The molecule has 0 aliphatic carbocycles. The minimum atomic E-state index is -0.503. The highest BCUT2D eigenvalue weighted by Crippen LogP contribution is 2.17. The molecule has 0 unspecified atom stereocenters. The Morgan fingerprint density at radius 3 is 2.82 bits per heavy atom. The van der Waals surface area contributed by atoms with E-state index in [0.717, 1.165) is 5.56 Å². The summed E-state index contributed by atoms with van der Waals surface area (Å²) in [7, 11) is 1.66. The van der Waals surface area contributed by atoms with Gasteiger partial charge in [0.2, 0.25) is 5.91 Å². The van der Waals surface area contributed by atoms with Crippen molar-refractivity contribution in [3.05, 3.63) is 47.2 Å². The molecule has 8 heteroatoms. The highest BCUT2D eigenvalue weighted by Gasteiger charge is 2.12. The molecule has 2 rings (SSSR count). The number of carbonyl (C=O) groups excluding carboxylic acids is 2. The van der Waals surface area contributed by atoms with Crippen LogP contribution >= 0.6 is 11.6 Å². The molecule has 22 heavy (non-hydrogen) atoms. The Balaban J connectivity index is 1.95. The van der Waals surface area contributed by atoms with Crippen molar-refractivity contribution < 1.29 is 9.59 Å². The summed E-state index contributed by atoms with van der Waals surface area (Å²) in [4.78, 5) is 24.4. The zero-order chi connectivity index (χ0) is 16.1. The molecule has 3 N–H and O–H groups in total. The number of anilines is 1. The van der Waals surface area contributed by atoms with Crippen molar-refractivity contribution in [3.63, 3.8) is 0 Å². The average molecular weight is 322 g/mol. The molecule has 1 aromatic heterocycles. The highest BCUT2D eigenvalue weighted by atomic mass is 35.5. The number of amides is 3. The summed E-state index contributed by atoms with van der Waals surface area (Å²) < 4.78 is 1.35. The predicted octanol–water partition coefficient (Wildman–Crippen LogP) is 1.69. The van der Waals surface area contributed by atoms with Gasteiger partial charge in [-0.05, 0) is 11.6 Å². The molecule has 1 aromatic carbocycles. The van der Waals surface area contributed by atoms with E-state index in [0.29, 0.717) is 17.3 Å². The van der Waals surface area contributed by atoms with Crippen LogP contribution in [0.5, 0.6) is 0 Å². The molecule has 0 spiro atoms. The molecule has 0 aliphatic heterocycles. The first-order chi connectivity index (χ1) is 10.5. The fraction of sp³-hybridized carbons (Fsp3) is 0.214. The third kappa shape index (κ3) is 4.23. The molecule has 7 nitrogen and oxygen atoms in total. The number of primary amides is 1. The van der Waals surface area contributed by atoms with Gasteiger partial charge in [0.1, 0.15) is 6.54 Å². The summed E-state index contributed by atoms with van der Waals surface area (Å²) in [6.45, 7) is 0.340. The van der Waals surface area contributed by atoms with Gasteiger partial charge in [-0.25, -0.2) is 4.79 Å². The fourth-order valence-corrected chi connectivity index (χ4v) is 2.04. The third-order valence-corrected chi connectivity index (χ3v) is 3.28. The van der Waals surface area contributed by atoms with Crippen LogP contribution in [0.15, 0.2) is 36.7 Å². The first-order valence-electron chi connectivity index (χ1n) is 6.52. The maximum Gasteiger partial charge on any atom is 0.321 e. The molecule has 1 heterocycles. The van der Waals surface area contributed by atoms with Gasteiger partial charge in [0.25, 0.3) is 0 Å². The van der Waals surface area contributed by atoms with Crippen molar-refractivity contribution >= 4 is 29.2 Å². The number of nitrogens with one attached hydrogen (secondary N) is 1. The SMILES string of the molecule is CN(Cc1ccccc1Cl)C(=O)Nc1cnn(CC(N)=O)c1. The maximum absolute atomic E-state index is 12.1. The van der Waals surface area contributed by atoms with Gasteiger partial charge in [-0.15, -0.1) is 0 Å². The molecule has 0 fully saturated rings. The quantitative estimate of drug-likeness (QED) is 0.877. The molecule has 2 aromatic rings. The second kappa shape index (κ2) is 6.95. The van der Waals surface area contributed by atoms with E-state index in [9.17, 15) is 9.59 Å². The lowest BCUT2D eigenvalue weighted by Crippen LogP contribution is -2.30. The van der Waals surface area contributed by atoms with Crippen LogP contribution in [-0.4, -0.2) is 33.7 Å². The standard InChI is InChI=1S/C14H16ClN5O2/c1-19(7-10-4-2-3-5-12(10)15)14(22)18-11-6-17-20(8-11)9-13(16)21/h2-6,8H,7,9H2,1H3,(H2,16,21)(H,18,22). The number of hydrogen-bond acceptors (Lipinski definition) is 3. The number of rotatable bonds is 5. The van der Waals surface area contributed by atoms with Crippen molar-refractivity contribution in [1.82, 2.24) is 14.7 Å². The number of halogens is 1. The van der Waals surface area contributed by atoms with Gasteiger partial charge in [-0.1, -0.05) is 29.8 Å². The van der Waals surface area contributed by atoms with Crippen LogP contribution in [0.3, 0.4) is 0 Å². The van der Waals surface area contributed by atoms with Crippen molar-refractivity contribution in [2.75, 3.05) is 12.4 Å². The lowest BCUT2D eigenvalue weighted by molar-refractivity contribution is -0.118. The van der Waals surface area contributed by atoms with Crippen LogP contribution in [0.1, 0.15) is 5.56 Å². The van der Waals surface area contributed by atoms with Crippen LogP contribution in [-0.2, 0) is 17.9 Å². The molecule has 0 aliphatic rings. The van der Waals surface area contributed by atoms with E-state index in [4.69, 9.17) is 17.3 Å². The third-order valence-electron chi connectivity index (χ3n) is 2.91. The fourth-order valence-electron chi connectivity index (χ4n) is 1.85. The number of nitrogens with two attached hydrogens (primary N) is 1. The van der Waals surface area contributed by atoms with Crippen LogP contribution in [0.25, 0.3) is 0 Å². The van der Waals surface area contributed by atoms with Crippen molar-refractivity contribution in [1.29, 1.82) is 0 Å². The lowest BCUT2D eigenvalue weighted by Gasteiger charge is -2.18. The van der Waals surface area contributed by atoms with E-state index >= 15 is 0 Å². The van der Waals surface area contributed by atoms with Crippen LogP contribution in [0, 0.1) is 0 Å². The lowest BCUT2D eigenvalue weighted by atomic mass is 10.2. The van der Waals surface area contributed by atoms with E-state index in [2.05, 4.69) is 10.4 Å². The molecular weight excluding hydrogens is 306 g/mol. The molecule has 0 radical (unpaired) electrons. The molecule has 0 bridgehead atoms. The second-order valence-electron chi connectivity index (χ2n) is 4.77. The molecule has 0 atom stereocenters. The van der Waals surface area contributed by atoms with Crippen LogP contribution in [0.2, 0.25) is 5.02 Å². The Bertz CT molecular complexity index is 685. The molecule has 116 valence electrons. The van der Waals surface area contributed by atoms with Gasteiger partial charge >= 0.3 is 6.03 Å². The van der Waals surface area contributed by atoms with Crippen molar-refractivity contribution in [2.45, 2.75) is 13.1 Å². The normalized spacial score (nSPS) is 10.3. The van der Waals surface area contributed by atoms with Gasteiger partial charge in [-0.3, -0.25) is 9.48 Å². The van der Waals surface area contributed by atoms with Gasteiger partial charge < -0.3 is 16.0 Å². The second-order valence-corrected chi connectivity index (χ2v) is 5.18. The highest BCUT2D eigenvalue weighted by molar-refractivity contribution is 6.31. The Labute approximate surface area is 132 Å². The largest absolute Gasteiger partial charge is 0.368 e. The van der Waals surface area contributed by atoms with Gasteiger partial charge in [0, 0.05) is 24.8 Å². The van der Waals surface area contributed by atoms with Gasteiger partial charge in [-0.2, -0.15) is 5.10 Å². The maximum atomic E-state index is 12.1. The number of hydrogen-bond donors (Lipinski definition) is 2. The number of nitrogens with zero attached hydrogens (tertiary/aromatic N) is 3. The smallest absolute Gasteiger partial charge is 0.321 e. The van der Waals surface area contributed by atoms with Gasteiger partial charge in [0.05, 0.1) is 11.9 Å². The Morgan fingerprint density at radius 2 is 2.14 bits per heavy atom. The Morgan fingerprint density at radius 1 is 1.41 bits per heavy atom. The van der Waals surface area contributed by atoms with E-state index in [1.807, 2.05) is 18.2 Å². The minimum absolute atomic E-state index is 0.0364. The zero-order valence-electron chi connectivity index (χ0n) is 12.0. The number of aromatic nitrogens is 2. The minimum Gasteiger partial charge on any atom is -0.368 e. The number of urea groups is 1. The average Bonchev–Trinajstić information content (AvgIpc) is 2.87. The summed E-state index contributed by atoms with van der Waals surface area (Å²) in [6, 6.07) is 7.02. The molecule has 0 saturated heterocycles. The first-order valence-corrected chi connectivity index (χ1v) is 6.90. The number of carbonyl (C=O) groups is 2. The summed E-state index contributed by atoms with van der Waals surface area (Å²) in [5.41, 5.74) is 6.41. The Hall–Kier alpha value is -2.54. The summed E-state index contributed by atoms with van der Waals surface area (Å²) in [5.74, 6) is -0.503. The molecule has 3 amide bonds. The number of benzene rings is 1. The van der Waals surface area contributed by atoms with E-state index in [1.165, 1.54) is 22.0 Å². The molecule has 0 saturated carbocycles. The van der Waals surface area contributed by atoms with Crippen LogP contribution in [0.4, 0.5) is 10.5 Å². The summed E-state index contributed by atoms with van der Waals surface area (Å²) >= 11 is 6.07. The van der Waals surface area contributed by atoms with Crippen LogP contribution < -0.4 is 11.1 Å². The van der Waals surface area contributed by atoms with E-state index in [-0.39, 0.29) is 12.6 Å². The van der Waals surface area contributed by atoms with E-state index < -0.39 is 5.91 Å². The van der Waals surface area contributed by atoms with E-state index in [1.54, 1.807) is 13.1 Å². The van der Waals surface area contributed by atoms with Crippen molar-refractivity contribution in [2.24, 2.45) is 5.73 Å². The Kier molecular flexibility index (Phi) is 5.00. The topological polar surface area (TPSA) is 93.2 Å². The van der Waals surface area contributed by atoms with Gasteiger partial charge in [0.15, 0.2) is 0 Å². The monoisotopic (exact) mass is 321 g/mol.